The van der Waals surface area contributed by atoms with Crippen LogP contribution in [0.25, 0.3) is 15.7 Å². The molecule has 2 heterocycles. The van der Waals surface area contributed by atoms with Crippen molar-refractivity contribution in [2.75, 3.05) is 6.54 Å². The number of hydrogen-bond acceptors (Lipinski definition) is 1. The van der Waals surface area contributed by atoms with Crippen LogP contribution in [0, 0.1) is 12.4 Å². The van der Waals surface area contributed by atoms with Crippen molar-refractivity contribution in [1.82, 2.24) is 15.2 Å². The number of nitrogens with one attached hydrogen (secondary N) is 2. The highest BCUT2D eigenvalue weighted by atomic mass is 19.1. The number of carbonyl (C=O) groups excluding carboxylic acids is 1. The Hall–Kier alpha value is -2.55. The molecule has 1 aromatic carbocycles. The number of hydrogen-bond donors (Lipinski definition) is 2. The smallest absolute Gasteiger partial charge is 0.323 e. The number of aromatic nitrogens is 1. The van der Waals surface area contributed by atoms with E-state index in [0.717, 1.165) is 23.0 Å². The van der Waals surface area contributed by atoms with Crippen LogP contribution in [-0.4, -0.2) is 28.6 Å². The maximum atomic E-state index is 14.0. The molecule has 1 aromatic heterocycles. The Morgan fingerprint density at radius 2 is 2.30 bits per heavy atom. The first kappa shape index (κ1) is 15.3. The van der Waals surface area contributed by atoms with Crippen LogP contribution in [0.4, 0.5) is 9.18 Å². The highest BCUT2D eigenvalue weighted by Crippen LogP contribution is 2.25. The number of carbonyl (C=O) groups is 1. The molecule has 6 heteroatoms. The molecule has 2 N–H and O–H groups in total. The van der Waals surface area contributed by atoms with Crippen molar-refractivity contribution < 1.29 is 9.18 Å². The average Bonchev–Trinajstić information content (AvgIpc) is 2.85. The van der Waals surface area contributed by atoms with E-state index in [1.807, 2.05) is 26.0 Å². The lowest BCUT2D eigenvalue weighted by Crippen LogP contribution is -2.53. The van der Waals surface area contributed by atoms with Crippen LogP contribution in [0.15, 0.2) is 18.2 Å². The molecule has 1 fully saturated rings. The number of aromatic amines is 1. The van der Waals surface area contributed by atoms with Gasteiger partial charge < -0.3 is 10.3 Å². The van der Waals surface area contributed by atoms with E-state index >= 15 is 0 Å². The molecule has 23 heavy (non-hydrogen) atoms. The second-order valence-electron chi connectivity index (χ2n) is 6.16. The summed E-state index contributed by atoms with van der Waals surface area (Å²) in [6.07, 6.45) is 0.404. The summed E-state index contributed by atoms with van der Waals surface area (Å²) in [5.41, 5.74) is 2.35. The number of urea groups is 1. The third-order valence-corrected chi connectivity index (χ3v) is 4.24. The summed E-state index contributed by atoms with van der Waals surface area (Å²) >= 11 is 0. The number of H-pyrrole nitrogens is 1. The van der Waals surface area contributed by atoms with Crippen molar-refractivity contribution in [3.63, 3.8) is 0 Å². The number of likely N-dealkylation sites (tertiary alicyclic amines) is 1. The molecule has 1 unspecified atom stereocenters. The Labute approximate surface area is 134 Å². The minimum Gasteiger partial charge on any atom is -0.357 e. The molecule has 0 saturated carbocycles. The lowest BCUT2D eigenvalue weighted by molar-refractivity contribution is 0.137. The van der Waals surface area contributed by atoms with Crippen LogP contribution in [-0.2, 0) is 6.54 Å². The summed E-state index contributed by atoms with van der Waals surface area (Å²) in [6.45, 7) is 11.8. The van der Waals surface area contributed by atoms with Crippen molar-refractivity contribution in [1.29, 1.82) is 0 Å². The fourth-order valence-electron chi connectivity index (χ4n) is 2.78. The van der Waals surface area contributed by atoms with Gasteiger partial charge in [-0.25, -0.2) is 15.8 Å². The van der Waals surface area contributed by atoms with Crippen molar-refractivity contribution in [2.24, 2.45) is 0 Å². The van der Waals surface area contributed by atoms with Gasteiger partial charge in [-0.1, -0.05) is 13.8 Å². The Morgan fingerprint density at radius 1 is 1.52 bits per heavy atom. The molecule has 5 nitrogen and oxygen atoms in total. The molecule has 2 aromatic rings. The Morgan fingerprint density at radius 3 is 2.91 bits per heavy atom. The number of halogens is 1. The van der Waals surface area contributed by atoms with Gasteiger partial charge in [-0.05, 0) is 29.7 Å². The topological polar surface area (TPSA) is 52.5 Å². The van der Waals surface area contributed by atoms with Gasteiger partial charge in [0.1, 0.15) is 5.82 Å². The van der Waals surface area contributed by atoms with E-state index < -0.39 is 0 Å². The quantitative estimate of drug-likeness (QED) is 0.836. The van der Waals surface area contributed by atoms with Crippen LogP contribution < -0.4 is 5.32 Å². The van der Waals surface area contributed by atoms with Gasteiger partial charge in [0.05, 0.1) is 13.0 Å². The predicted octanol–water partition coefficient (Wildman–Crippen LogP) is 3.59. The zero-order chi connectivity index (χ0) is 16.6. The van der Waals surface area contributed by atoms with Crippen LogP contribution in [0.1, 0.15) is 37.4 Å². The second-order valence-corrected chi connectivity index (χ2v) is 6.16. The maximum Gasteiger partial charge on any atom is 0.323 e. The molecule has 1 aliphatic heterocycles. The van der Waals surface area contributed by atoms with E-state index in [9.17, 15) is 9.18 Å². The van der Waals surface area contributed by atoms with E-state index in [-0.39, 0.29) is 23.9 Å². The molecule has 2 amide bonds. The molecule has 1 atom stereocenters. The summed E-state index contributed by atoms with van der Waals surface area (Å²) in [7, 11) is 0. The number of fused-ring (bicyclic) bond motifs is 1. The Balaban J connectivity index is 1.71. The first-order valence-electron chi connectivity index (χ1n) is 7.71. The minimum atomic E-state index is -0.333. The Bertz CT molecular complexity index is 790. The molecule has 3 rings (SSSR count). The number of amides is 2. The molecule has 0 spiro atoms. The number of nitrogens with zero attached hydrogens (tertiary/aromatic N) is 2. The lowest BCUT2D eigenvalue weighted by atomic mass is 10.0. The molecular formula is C17H19FN4O. The van der Waals surface area contributed by atoms with E-state index in [1.165, 1.54) is 11.0 Å². The van der Waals surface area contributed by atoms with Gasteiger partial charge in [0.25, 0.3) is 0 Å². The molecule has 120 valence electrons. The highest BCUT2D eigenvalue weighted by Gasteiger charge is 2.36. The highest BCUT2D eigenvalue weighted by molar-refractivity contribution is 5.82. The lowest BCUT2D eigenvalue weighted by Gasteiger charge is -2.31. The number of benzene rings is 1. The second kappa shape index (κ2) is 5.92. The minimum absolute atomic E-state index is 0.114. The van der Waals surface area contributed by atoms with Crippen LogP contribution in [0.3, 0.4) is 0 Å². The van der Waals surface area contributed by atoms with Crippen molar-refractivity contribution in [2.45, 2.75) is 38.9 Å². The molecule has 0 bridgehead atoms. The predicted molar refractivity (Wildman–Crippen MR) is 86.3 cm³/mol. The summed E-state index contributed by atoms with van der Waals surface area (Å²) in [5, 5.41) is 3.59. The van der Waals surface area contributed by atoms with E-state index in [0.29, 0.717) is 18.7 Å². The molecular weight excluding hydrogens is 295 g/mol. The van der Waals surface area contributed by atoms with E-state index in [1.54, 1.807) is 0 Å². The third-order valence-electron chi connectivity index (χ3n) is 4.24. The average molecular weight is 314 g/mol. The SMILES string of the molecule is [C-]#[N+]C1CCN1C(=O)NCc1cc2cc(F)c(C(C)C)cc2[nH]1. The van der Waals surface area contributed by atoms with Gasteiger partial charge in [0, 0.05) is 23.1 Å². The summed E-state index contributed by atoms with van der Waals surface area (Å²) in [5.74, 6) is -0.0922. The van der Waals surface area contributed by atoms with Gasteiger partial charge in [0.15, 0.2) is 0 Å². The number of rotatable bonds is 3. The van der Waals surface area contributed by atoms with Crippen LogP contribution in [0.2, 0.25) is 0 Å². The fraction of sp³-hybridized carbons (Fsp3) is 0.412. The van der Waals surface area contributed by atoms with Gasteiger partial charge >= 0.3 is 12.2 Å². The fourth-order valence-corrected chi connectivity index (χ4v) is 2.78. The van der Waals surface area contributed by atoms with Gasteiger partial charge in [-0.15, -0.1) is 0 Å². The standard InChI is InChI=1S/C17H19FN4O/c1-10(2)13-8-15-11(7-14(13)18)6-12(21-15)9-20-17(23)22-5-4-16(22)19-3/h6-8,10,16,21H,4-5,9H2,1-2H3,(H,20,23). The summed E-state index contributed by atoms with van der Waals surface area (Å²) < 4.78 is 14.0. The van der Waals surface area contributed by atoms with Crippen molar-refractivity contribution in [3.05, 3.63) is 46.7 Å². The van der Waals surface area contributed by atoms with E-state index in [2.05, 4.69) is 15.1 Å². The monoisotopic (exact) mass is 314 g/mol. The zero-order valence-corrected chi connectivity index (χ0v) is 13.2. The van der Waals surface area contributed by atoms with Gasteiger partial charge in [-0.2, -0.15) is 0 Å². The molecule has 1 saturated heterocycles. The van der Waals surface area contributed by atoms with Crippen molar-refractivity contribution in [3.8, 4) is 0 Å². The largest absolute Gasteiger partial charge is 0.357 e. The zero-order valence-electron chi connectivity index (χ0n) is 13.2. The first-order chi connectivity index (χ1) is 11.0. The third kappa shape index (κ3) is 2.87. The Kier molecular flexibility index (Phi) is 3.95. The molecule has 1 aliphatic rings. The molecule has 0 aliphatic carbocycles. The first-order valence-corrected chi connectivity index (χ1v) is 7.71. The van der Waals surface area contributed by atoms with Crippen LogP contribution in [0.5, 0.6) is 0 Å². The van der Waals surface area contributed by atoms with E-state index in [4.69, 9.17) is 6.57 Å². The van der Waals surface area contributed by atoms with Gasteiger partial charge in [0.2, 0.25) is 0 Å². The van der Waals surface area contributed by atoms with Gasteiger partial charge in [-0.3, -0.25) is 9.74 Å². The normalized spacial score (nSPS) is 17.2. The van der Waals surface area contributed by atoms with Crippen LogP contribution >= 0.6 is 0 Å². The maximum absolute atomic E-state index is 14.0. The molecule has 0 radical (unpaired) electrons. The van der Waals surface area contributed by atoms with Crippen molar-refractivity contribution >= 4 is 16.9 Å². The summed E-state index contributed by atoms with van der Waals surface area (Å²) in [4.78, 5) is 20.1. The summed E-state index contributed by atoms with van der Waals surface area (Å²) in [6, 6.07) is 4.96.